The molecule has 0 unspecified atom stereocenters. The highest BCUT2D eigenvalue weighted by molar-refractivity contribution is 6.11. The molecule has 2 aromatic carbocycles. The first-order chi connectivity index (χ1) is 11.7. The minimum atomic E-state index is -0.211. The Kier molecular flexibility index (Phi) is 2.93. The maximum atomic E-state index is 12.4. The molecule has 0 bridgehead atoms. The van der Waals surface area contributed by atoms with Crippen LogP contribution in [0.4, 0.5) is 0 Å². The van der Waals surface area contributed by atoms with Crippen LogP contribution in [0.3, 0.4) is 0 Å². The molecule has 3 heteroatoms. The molecule has 0 amide bonds. The van der Waals surface area contributed by atoms with Crippen LogP contribution in [0, 0.1) is 0 Å². The summed E-state index contributed by atoms with van der Waals surface area (Å²) in [6.07, 6.45) is 5.44. The van der Waals surface area contributed by atoms with Crippen LogP contribution in [0.15, 0.2) is 41.0 Å². The third-order valence-electron chi connectivity index (χ3n) is 5.50. The fraction of sp³-hybridized carbons (Fsp3) is 0.333. The number of hydrogen-bond donors (Lipinski definition) is 0. The Morgan fingerprint density at radius 1 is 1.00 bits per heavy atom. The van der Waals surface area contributed by atoms with E-state index in [0.717, 1.165) is 27.8 Å². The van der Waals surface area contributed by atoms with E-state index in [1.807, 2.05) is 6.07 Å². The van der Waals surface area contributed by atoms with Crippen LogP contribution in [-0.2, 0) is 9.59 Å². The number of benzene rings is 2. The van der Waals surface area contributed by atoms with Gasteiger partial charge in [-0.15, -0.1) is 0 Å². The van der Waals surface area contributed by atoms with Gasteiger partial charge in [-0.05, 0) is 47.6 Å². The molecule has 24 heavy (non-hydrogen) atoms. The second kappa shape index (κ2) is 5.04. The highest BCUT2D eigenvalue weighted by atomic mass is 16.3. The number of carbonyl (C=O) groups excluding carboxylic acids is 2. The Bertz CT molecular complexity index is 991. The third-order valence-corrected chi connectivity index (χ3v) is 5.50. The standard InChI is InChI=1S/C21H18O3/c22-15-5-7-17(19(23)10-15)18-11-24-20-8-4-14-9-13(12-1-2-12)3-6-16(14)21(18)20/h3-4,6,8-9,11-12,17H,1-2,5,7,10H2/t17-/m0/s1. The van der Waals surface area contributed by atoms with Crippen LogP contribution in [0.25, 0.3) is 21.7 Å². The summed E-state index contributed by atoms with van der Waals surface area (Å²) in [5.41, 5.74) is 3.18. The Labute approximate surface area is 139 Å². The molecule has 5 rings (SSSR count). The van der Waals surface area contributed by atoms with Gasteiger partial charge in [0, 0.05) is 23.3 Å². The number of carbonyl (C=O) groups is 2. The van der Waals surface area contributed by atoms with Crippen LogP contribution in [-0.4, -0.2) is 11.6 Å². The first kappa shape index (κ1) is 14.0. The smallest absolute Gasteiger partial charge is 0.147 e. The molecular weight excluding hydrogens is 300 g/mol. The fourth-order valence-corrected chi connectivity index (χ4v) is 4.04. The molecule has 0 N–H and O–H groups in total. The first-order valence-electron chi connectivity index (χ1n) is 8.69. The van der Waals surface area contributed by atoms with Crippen LogP contribution >= 0.6 is 0 Å². The lowest BCUT2D eigenvalue weighted by atomic mass is 9.81. The highest BCUT2D eigenvalue weighted by Gasteiger charge is 2.31. The van der Waals surface area contributed by atoms with Gasteiger partial charge in [0.15, 0.2) is 0 Å². The van der Waals surface area contributed by atoms with Gasteiger partial charge in [-0.1, -0.05) is 24.3 Å². The molecule has 2 saturated carbocycles. The zero-order valence-electron chi connectivity index (χ0n) is 13.4. The molecule has 3 aromatic rings. The van der Waals surface area contributed by atoms with Crippen LogP contribution < -0.4 is 0 Å². The van der Waals surface area contributed by atoms with Crippen molar-refractivity contribution in [3.05, 3.63) is 47.7 Å². The van der Waals surface area contributed by atoms with Crippen molar-refractivity contribution in [3.8, 4) is 0 Å². The van der Waals surface area contributed by atoms with Crippen molar-refractivity contribution < 1.29 is 14.0 Å². The van der Waals surface area contributed by atoms with Gasteiger partial charge in [-0.25, -0.2) is 0 Å². The minimum Gasteiger partial charge on any atom is -0.464 e. The molecule has 1 heterocycles. The minimum absolute atomic E-state index is 0.0283. The lowest BCUT2D eigenvalue weighted by Crippen LogP contribution is -2.22. The molecule has 2 aliphatic rings. The molecule has 2 aliphatic carbocycles. The average Bonchev–Trinajstić information content (AvgIpc) is 3.34. The van der Waals surface area contributed by atoms with Crippen LogP contribution in [0.2, 0.25) is 0 Å². The number of fused-ring (bicyclic) bond motifs is 3. The van der Waals surface area contributed by atoms with Crippen molar-refractivity contribution in [1.82, 2.24) is 0 Å². The van der Waals surface area contributed by atoms with Crippen molar-refractivity contribution in [2.24, 2.45) is 0 Å². The van der Waals surface area contributed by atoms with Gasteiger partial charge < -0.3 is 4.42 Å². The number of rotatable bonds is 2. The van der Waals surface area contributed by atoms with E-state index in [9.17, 15) is 9.59 Å². The summed E-state index contributed by atoms with van der Waals surface area (Å²) in [5.74, 6) is 0.598. The molecule has 1 atom stereocenters. The number of hydrogen-bond acceptors (Lipinski definition) is 3. The predicted molar refractivity (Wildman–Crippen MR) is 92.3 cm³/mol. The van der Waals surface area contributed by atoms with E-state index in [4.69, 9.17) is 4.42 Å². The lowest BCUT2D eigenvalue weighted by Gasteiger charge is -2.19. The zero-order valence-corrected chi connectivity index (χ0v) is 13.4. The van der Waals surface area contributed by atoms with Crippen LogP contribution in [0.1, 0.15) is 55.1 Å². The Hall–Kier alpha value is -2.42. The topological polar surface area (TPSA) is 47.3 Å². The van der Waals surface area contributed by atoms with Crippen molar-refractivity contribution in [3.63, 3.8) is 0 Å². The van der Waals surface area contributed by atoms with Gasteiger partial charge >= 0.3 is 0 Å². The Balaban J connectivity index is 1.69. The van der Waals surface area contributed by atoms with E-state index in [-0.39, 0.29) is 23.9 Å². The lowest BCUT2D eigenvalue weighted by molar-refractivity contribution is -0.130. The quantitative estimate of drug-likeness (QED) is 0.633. The largest absolute Gasteiger partial charge is 0.464 e. The van der Waals surface area contributed by atoms with E-state index in [1.165, 1.54) is 23.8 Å². The second-order valence-corrected chi connectivity index (χ2v) is 7.16. The van der Waals surface area contributed by atoms with Gasteiger partial charge in [0.1, 0.15) is 17.1 Å². The van der Waals surface area contributed by atoms with Crippen molar-refractivity contribution in [1.29, 1.82) is 0 Å². The fourth-order valence-electron chi connectivity index (χ4n) is 4.04. The Morgan fingerprint density at radius 3 is 2.67 bits per heavy atom. The van der Waals surface area contributed by atoms with Gasteiger partial charge in [0.05, 0.1) is 12.7 Å². The van der Waals surface area contributed by atoms with Crippen molar-refractivity contribution >= 4 is 33.3 Å². The number of ketones is 2. The SMILES string of the molecule is O=C1CC[C@@H](c2coc3ccc4cc(C5CC5)ccc4c23)C(=O)C1. The van der Waals surface area contributed by atoms with Crippen LogP contribution in [0.5, 0.6) is 0 Å². The maximum Gasteiger partial charge on any atom is 0.147 e. The van der Waals surface area contributed by atoms with E-state index in [1.54, 1.807) is 6.26 Å². The number of furan rings is 1. The van der Waals surface area contributed by atoms with E-state index in [2.05, 4.69) is 24.3 Å². The molecule has 120 valence electrons. The predicted octanol–water partition coefficient (Wildman–Crippen LogP) is 4.87. The summed E-state index contributed by atoms with van der Waals surface area (Å²) < 4.78 is 5.74. The molecule has 1 aromatic heterocycles. The highest BCUT2D eigenvalue weighted by Crippen LogP contribution is 2.43. The summed E-state index contributed by atoms with van der Waals surface area (Å²) >= 11 is 0. The van der Waals surface area contributed by atoms with E-state index < -0.39 is 0 Å². The second-order valence-electron chi connectivity index (χ2n) is 7.16. The number of Topliss-reactive ketones (excluding diaryl/α,β-unsaturated/α-hetero) is 2. The molecule has 0 spiro atoms. The van der Waals surface area contributed by atoms with E-state index >= 15 is 0 Å². The summed E-state index contributed by atoms with van der Waals surface area (Å²) in [7, 11) is 0. The summed E-state index contributed by atoms with van der Waals surface area (Å²) in [6.45, 7) is 0. The van der Waals surface area contributed by atoms with Gasteiger partial charge in [0.25, 0.3) is 0 Å². The normalized spacial score (nSPS) is 21.8. The summed E-state index contributed by atoms with van der Waals surface area (Å²) in [6, 6.07) is 10.8. The molecule has 2 fully saturated rings. The van der Waals surface area contributed by atoms with Crippen molar-refractivity contribution in [2.75, 3.05) is 0 Å². The van der Waals surface area contributed by atoms with E-state index in [0.29, 0.717) is 12.8 Å². The van der Waals surface area contributed by atoms with Crippen molar-refractivity contribution in [2.45, 2.75) is 43.9 Å². The molecular formula is C21H18O3. The van der Waals surface area contributed by atoms with Gasteiger partial charge in [0.2, 0.25) is 0 Å². The molecule has 0 radical (unpaired) electrons. The Morgan fingerprint density at radius 2 is 1.88 bits per heavy atom. The monoisotopic (exact) mass is 318 g/mol. The molecule has 0 aliphatic heterocycles. The molecule has 3 nitrogen and oxygen atoms in total. The average molecular weight is 318 g/mol. The maximum absolute atomic E-state index is 12.4. The summed E-state index contributed by atoms with van der Waals surface area (Å²) in [4.78, 5) is 23.9. The first-order valence-corrected chi connectivity index (χ1v) is 8.69. The van der Waals surface area contributed by atoms with Gasteiger partial charge in [-0.2, -0.15) is 0 Å². The third kappa shape index (κ3) is 2.11. The summed E-state index contributed by atoms with van der Waals surface area (Å²) in [5, 5.41) is 3.39. The zero-order chi connectivity index (χ0) is 16.3. The molecule has 0 saturated heterocycles. The van der Waals surface area contributed by atoms with Gasteiger partial charge in [-0.3, -0.25) is 9.59 Å².